The minimum Gasteiger partial charge on any atom is -0.491 e. The highest BCUT2D eigenvalue weighted by molar-refractivity contribution is 5.97. The number of carbonyl (C=O) groups excluding carboxylic acids is 2. The number of benzene rings is 2. The number of hydrogen-bond donors (Lipinski definition) is 4. The average molecular weight is 629 g/mol. The number of aromatic nitrogens is 3. The van der Waals surface area contributed by atoms with Crippen molar-refractivity contribution in [2.24, 2.45) is 0 Å². The van der Waals surface area contributed by atoms with Crippen LogP contribution in [0.5, 0.6) is 5.75 Å². The maximum atomic E-state index is 12.7. The zero-order valence-electron chi connectivity index (χ0n) is 27.1. The number of pyridine rings is 1. The van der Waals surface area contributed by atoms with Crippen LogP contribution in [0.15, 0.2) is 41.3 Å². The summed E-state index contributed by atoms with van der Waals surface area (Å²) in [6.07, 6.45) is 7.70. The van der Waals surface area contributed by atoms with E-state index < -0.39 is 6.10 Å². The van der Waals surface area contributed by atoms with Crippen molar-refractivity contribution in [3.8, 4) is 17.1 Å². The number of aromatic amines is 2. The largest absolute Gasteiger partial charge is 0.491 e. The Hall–Kier alpha value is -4.32. The van der Waals surface area contributed by atoms with E-state index in [2.05, 4.69) is 64.2 Å². The Morgan fingerprint density at radius 2 is 1.83 bits per heavy atom. The highest BCUT2D eigenvalue weighted by atomic mass is 16.5. The van der Waals surface area contributed by atoms with E-state index in [9.17, 15) is 19.5 Å². The number of hydrogen-bond acceptors (Lipinski definition) is 9. The van der Waals surface area contributed by atoms with E-state index in [0.717, 1.165) is 31.1 Å². The molecule has 1 fully saturated rings. The van der Waals surface area contributed by atoms with Gasteiger partial charge in [0.15, 0.2) is 12.6 Å². The number of aliphatic hydroxyl groups excluding tert-OH is 1. The highest BCUT2D eigenvalue weighted by Crippen LogP contribution is 2.33. The summed E-state index contributed by atoms with van der Waals surface area (Å²) < 4.78 is 5.94. The lowest BCUT2D eigenvalue weighted by molar-refractivity contribution is 0.109. The summed E-state index contributed by atoms with van der Waals surface area (Å²) in [6, 6.07) is 9.54. The molecule has 244 valence electrons. The molecule has 46 heavy (non-hydrogen) atoms. The first-order valence-electron chi connectivity index (χ1n) is 15.9. The summed E-state index contributed by atoms with van der Waals surface area (Å²) in [5, 5.41) is 13.7. The standard InChI is InChI=1S/C27H26N4O5.C8H18N2/c1-15-5-6-24(20-4-2-3-19(15)20)36-14-18(34)11-29-21-7-8-28-27(35)25(21)26-30-22-9-16(12-32)17(13-33)10-23(22)31-26;1-9(2)8-4-6-10(3)7-5-8/h5-10,12-13,18,34H,2-4,11,14H2,1H3,(H,30,31)(H2,28,29,35);8H,4-7H2,1-3H3. The number of aldehydes is 2. The molecule has 0 bridgehead atoms. The second-order valence-corrected chi connectivity index (χ2v) is 12.4. The van der Waals surface area contributed by atoms with Gasteiger partial charge in [-0.3, -0.25) is 14.4 Å². The van der Waals surface area contributed by atoms with Crippen LogP contribution in [0.1, 0.15) is 56.7 Å². The summed E-state index contributed by atoms with van der Waals surface area (Å²) in [5.41, 5.74) is 5.61. The van der Waals surface area contributed by atoms with Crippen molar-refractivity contribution < 1.29 is 19.4 Å². The monoisotopic (exact) mass is 628 g/mol. The van der Waals surface area contributed by atoms with Crippen molar-refractivity contribution in [3.05, 3.63) is 74.7 Å². The number of aliphatic hydroxyl groups is 1. The minimum atomic E-state index is -0.823. The van der Waals surface area contributed by atoms with Gasteiger partial charge in [-0.15, -0.1) is 0 Å². The number of nitrogens with one attached hydrogen (secondary N) is 3. The van der Waals surface area contributed by atoms with E-state index in [1.54, 1.807) is 6.07 Å². The maximum absolute atomic E-state index is 12.7. The Morgan fingerprint density at radius 3 is 2.54 bits per heavy atom. The van der Waals surface area contributed by atoms with E-state index in [1.165, 1.54) is 61.0 Å². The van der Waals surface area contributed by atoms with Crippen molar-refractivity contribution in [1.82, 2.24) is 24.8 Å². The number of fused-ring (bicyclic) bond motifs is 2. The number of anilines is 1. The molecule has 1 aliphatic heterocycles. The van der Waals surface area contributed by atoms with Crippen molar-refractivity contribution in [3.63, 3.8) is 0 Å². The molecular weight excluding hydrogens is 584 g/mol. The molecule has 1 aliphatic carbocycles. The summed E-state index contributed by atoms with van der Waals surface area (Å²) >= 11 is 0. The summed E-state index contributed by atoms with van der Waals surface area (Å²) in [6.45, 7) is 4.89. The van der Waals surface area contributed by atoms with Gasteiger partial charge in [-0.25, -0.2) is 4.98 Å². The van der Waals surface area contributed by atoms with Crippen molar-refractivity contribution in [2.75, 3.05) is 52.7 Å². The molecule has 0 saturated carbocycles. The lowest BCUT2D eigenvalue weighted by Crippen LogP contribution is -2.40. The third-order valence-corrected chi connectivity index (χ3v) is 8.99. The second kappa shape index (κ2) is 14.8. The van der Waals surface area contributed by atoms with Gasteiger partial charge in [0.25, 0.3) is 5.56 Å². The summed E-state index contributed by atoms with van der Waals surface area (Å²) in [7, 11) is 6.55. The fourth-order valence-corrected chi connectivity index (χ4v) is 6.25. The summed E-state index contributed by atoms with van der Waals surface area (Å²) in [5.74, 6) is 1.09. The normalized spacial score (nSPS) is 15.7. The quantitative estimate of drug-likeness (QED) is 0.193. The van der Waals surface area contributed by atoms with Gasteiger partial charge in [0.2, 0.25) is 0 Å². The molecule has 4 aromatic rings. The van der Waals surface area contributed by atoms with Crippen LogP contribution in [0.25, 0.3) is 22.4 Å². The van der Waals surface area contributed by atoms with Gasteiger partial charge < -0.3 is 34.9 Å². The Labute approximate surface area is 269 Å². The fraction of sp³-hybridized carbons (Fsp3) is 0.429. The van der Waals surface area contributed by atoms with Gasteiger partial charge in [0.05, 0.1) is 16.7 Å². The molecule has 2 aromatic carbocycles. The molecule has 1 atom stereocenters. The summed E-state index contributed by atoms with van der Waals surface area (Å²) in [4.78, 5) is 50.1. The number of nitrogens with zero attached hydrogens (tertiary/aromatic N) is 3. The Morgan fingerprint density at radius 1 is 1.11 bits per heavy atom. The van der Waals surface area contributed by atoms with E-state index in [1.807, 2.05) is 6.07 Å². The molecule has 0 amide bonds. The number of carbonyl (C=O) groups is 2. The molecule has 0 spiro atoms. The van der Waals surface area contributed by atoms with E-state index in [4.69, 9.17) is 4.74 Å². The van der Waals surface area contributed by atoms with Gasteiger partial charge in [0.1, 0.15) is 29.8 Å². The zero-order valence-corrected chi connectivity index (χ0v) is 27.1. The molecular formula is C35H44N6O5. The molecule has 4 N–H and O–H groups in total. The van der Waals surface area contributed by atoms with E-state index >= 15 is 0 Å². The Bertz CT molecular complexity index is 1690. The molecule has 6 rings (SSSR count). The van der Waals surface area contributed by atoms with Crippen LogP contribution in [0.4, 0.5) is 5.69 Å². The van der Waals surface area contributed by atoms with Crippen molar-refractivity contribution in [1.29, 1.82) is 0 Å². The van der Waals surface area contributed by atoms with Gasteiger partial charge >= 0.3 is 0 Å². The highest BCUT2D eigenvalue weighted by Gasteiger charge is 2.20. The second-order valence-electron chi connectivity index (χ2n) is 12.4. The smallest absolute Gasteiger partial charge is 0.261 e. The topological polar surface area (TPSA) is 144 Å². The van der Waals surface area contributed by atoms with Crippen LogP contribution in [0.3, 0.4) is 0 Å². The lowest BCUT2D eigenvalue weighted by Gasteiger charge is -2.32. The third-order valence-electron chi connectivity index (χ3n) is 8.99. The Balaban J connectivity index is 0.000000356. The number of imidazole rings is 1. The van der Waals surface area contributed by atoms with E-state index in [-0.39, 0.29) is 41.2 Å². The fourth-order valence-electron chi connectivity index (χ4n) is 6.25. The number of piperidine rings is 1. The molecule has 2 aromatic heterocycles. The molecule has 2 aliphatic rings. The van der Waals surface area contributed by atoms with E-state index in [0.29, 0.717) is 29.3 Å². The number of likely N-dealkylation sites (tertiary alicyclic amines) is 1. The predicted octanol–water partition coefficient (Wildman–Crippen LogP) is 3.83. The van der Waals surface area contributed by atoms with Crippen molar-refractivity contribution >= 4 is 29.3 Å². The van der Waals surface area contributed by atoms with Gasteiger partial charge in [-0.2, -0.15) is 0 Å². The van der Waals surface area contributed by atoms with Crippen LogP contribution in [-0.2, 0) is 12.8 Å². The van der Waals surface area contributed by atoms with Crippen LogP contribution >= 0.6 is 0 Å². The lowest BCUT2D eigenvalue weighted by atomic mass is 10.0. The predicted molar refractivity (Wildman–Crippen MR) is 180 cm³/mol. The number of aryl methyl sites for hydroxylation is 1. The first-order valence-corrected chi connectivity index (χ1v) is 15.9. The number of ether oxygens (including phenoxy) is 1. The van der Waals surface area contributed by atoms with Gasteiger partial charge in [-0.05, 0) is 114 Å². The van der Waals surface area contributed by atoms with Gasteiger partial charge in [0, 0.05) is 29.9 Å². The molecule has 1 saturated heterocycles. The molecule has 0 radical (unpaired) electrons. The van der Waals surface area contributed by atoms with Crippen LogP contribution in [0.2, 0.25) is 0 Å². The number of H-pyrrole nitrogens is 2. The first kappa shape index (κ1) is 33.1. The first-order chi connectivity index (χ1) is 22.2. The average Bonchev–Trinajstić information content (AvgIpc) is 3.71. The SMILES string of the molecule is CN1CCC(N(C)C)CC1.Cc1ccc(OCC(O)CNc2cc[nH]c(=O)c2-c2nc3cc(C=O)c(C=O)cc3[nH]2)c2c1CCC2. The molecule has 11 heteroatoms. The molecule has 1 unspecified atom stereocenters. The Kier molecular flexibility index (Phi) is 10.7. The molecule has 3 heterocycles. The van der Waals surface area contributed by atoms with Crippen LogP contribution in [0, 0.1) is 6.92 Å². The van der Waals surface area contributed by atoms with Crippen LogP contribution in [-0.4, -0.2) is 102 Å². The molecule has 11 nitrogen and oxygen atoms in total. The van der Waals surface area contributed by atoms with Gasteiger partial charge in [-0.1, -0.05) is 6.07 Å². The maximum Gasteiger partial charge on any atom is 0.261 e. The number of rotatable bonds is 10. The van der Waals surface area contributed by atoms with Crippen LogP contribution < -0.4 is 15.6 Å². The third kappa shape index (κ3) is 7.55. The van der Waals surface area contributed by atoms with Crippen molar-refractivity contribution in [2.45, 2.75) is 51.2 Å². The minimum absolute atomic E-state index is 0.106. The zero-order chi connectivity index (χ0) is 32.8.